The highest BCUT2D eigenvalue weighted by molar-refractivity contribution is 7.18. The topological polar surface area (TPSA) is 32.3 Å². The fraction of sp³-hybridized carbons (Fsp3) is 0.250. The van der Waals surface area contributed by atoms with Crippen molar-refractivity contribution in [3.63, 3.8) is 0 Å². The van der Waals surface area contributed by atoms with Crippen LogP contribution in [0.4, 0.5) is 5.82 Å². The second kappa shape index (κ2) is 8.34. The average Bonchev–Trinajstić information content (AvgIpc) is 3.15. The van der Waals surface area contributed by atoms with Crippen LogP contribution in [0.5, 0.6) is 0 Å². The summed E-state index contributed by atoms with van der Waals surface area (Å²) in [5.41, 5.74) is 2.66. The number of aryl methyl sites for hydroxylation is 1. The Kier molecular flexibility index (Phi) is 5.42. The van der Waals surface area contributed by atoms with Crippen molar-refractivity contribution in [3.05, 3.63) is 88.0 Å². The van der Waals surface area contributed by atoms with Gasteiger partial charge >= 0.3 is 0 Å². The molecule has 0 saturated carbocycles. The number of aromatic nitrogens is 2. The molecule has 3 heterocycles. The van der Waals surface area contributed by atoms with Crippen LogP contribution in [-0.2, 0) is 0 Å². The van der Waals surface area contributed by atoms with Gasteiger partial charge in [-0.3, -0.25) is 4.90 Å². The summed E-state index contributed by atoms with van der Waals surface area (Å²) in [6.45, 7) is 5.84. The van der Waals surface area contributed by atoms with E-state index in [1.54, 1.807) is 11.3 Å². The van der Waals surface area contributed by atoms with Crippen molar-refractivity contribution in [3.8, 4) is 0 Å². The van der Waals surface area contributed by atoms with Crippen LogP contribution in [0.3, 0.4) is 0 Å². The minimum absolute atomic E-state index is 0.256. The van der Waals surface area contributed by atoms with Crippen molar-refractivity contribution in [2.24, 2.45) is 0 Å². The van der Waals surface area contributed by atoms with Crippen molar-refractivity contribution >= 4 is 39.0 Å². The number of fused-ring (bicyclic) bond motifs is 1. The first kappa shape index (κ1) is 19.5. The molecule has 1 aliphatic heterocycles. The van der Waals surface area contributed by atoms with Crippen LogP contribution in [0.25, 0.3) is 10.2 Å². The molecule has 0 spiro atoms. The minimum Gasteiger partial charge on any atom is -0.353 e. The summed E-state index contributed by atoms with van der Waals surface area (Å²) in [5, 5.41) is 1.44. The van der Waals surface area contributed by atoms with Gasteiger partial charge in [0, 0.05) is 31.1 Å². The summed E-state index contributed by atoms with van der Waals surface area (Å²) >= 11 is 7.91. The van der Waals surface area contributed by atoms with Gasteiger partial charge in [-0.2, -0.15) is 4.98 Å². The predicted octanol–water partition coefficient (Wildman–Crippen LogP) is 5.56. The Bertz CT molecular complexity index is 1100. The number of piperazine rings is 1. The third kappa shape index (κ3) is 3.81. The summed E-state index contributed by atoms with van der Waals surface area (Å²) in [5.74, 6) is 0.963. The lowest BCUT2D eigenvalue weighted by Gasteiger charge is -2.40. The Labute approximate surface area is 185 Å². The predicted molar refractivity (Wildman–Crippen MR) is 126 cm³/mol. The molecule has 0 atom stereocenters. The molecule has 1 saturated heterocycles. The summed E-state index contributed by atoms with van der Waals surface area (Å²) in [7, 11) is 0. The Morgan fingerprint density at radius 1 is 0.867 bits per heavy atom. The average molecular weight is 435 g/mol. The van der Waals surface area contributed by atoms with Gasteiger partial charge in [0.25, 0.3) is 0 Å². The van der Waals surface area contributed by atoms with Gasteiger partial charge in [-0.05, 0) is 35.7 Å². The summed E-state index contributed by atoms with van der Waals surface area (Å²) < 4.78 is 0. The van der Waals surface area contributed by atoms with Crippen LogP contribution in [0.2, 0.25) is 5.28 Å². The summed E-state index contributed by atoms with van der Waals surface area (Å²) in [6.07, 6.45) is 0. The van der Waals surface area contributed by atoms with Crippen LogP contribution < -0.4 is 4.90 Å². The maximum atomic E-state index is 6.24. The fourth-order valence-corrected chi connectivity index (χ4v) is 5.41. The minimum atomic E-state index is 0.256. The number of hydrogen-bond acceptors (Lipinski definition) is 5. The second-order valence-corrected chi connectivity index (χ2v) is 9.21. The molecule has 0 bridgehead atoms. The summed E-state index contributed by atoms with van der Waals surface area (Å²) in [6, 6.07) is 24.0. The number of rotatable bonds is 4. The number of benzene rings is 2. The molecular weight excluding hydrogens is 412 g/mol. The van der Waals surface area contributed by atoms with E-state index in [2.05, 4.69) is 93.4 Å². The van der Waals surface area contributed by atoms with Gasteiger partial charge < -0.3 is 4.90 Å². The second-order valence-electron chi connectivity index (χ2n) is 7.64. The molecule has 4 nitrogen and oxygen atoms in total. The molecule has 0 radical (unpaired) electrons. The number of halogens is 1. The van der Waals surface area contributed by atoms with Gasteiger partial charge in [0.1, 0.15) is 10.6 Å². The fourth-order valence-electron chi connectivity index (χ4n) is 4.32. The maximum Gasteiger partial charge on any atom is 0.225 e. The highest BCUT2D eigenvalue weighted by Gasteiger charge is 2.28. The number of thiophene rings is 1. The first-order chi connectivity index (χ1) is 14.7. The van der Waals surface area contributed by atoms with Gasteiger partial charge in [0.05, 0.1) is 11.4 Å². The Morgan fingerprint density at radius 3 is 2.07 bits per heavy atom. The van der Waals surface area contributed by atoms with E-state index in [4.69, 9.17) is 11.6 Å². The molecule has 0 amide bonds. The van der Waals surface area contributed by atoms with Gasteiger partial charge in [0.2, 0.25) is 5.28 Å². The van der Waals surface area contributed by atoms with Gasteiger partial charge in [-0.15, -0.1) is 11.3 Å². The lowest BCUT2D eigenvalue weighted by molar-refractivity contribution is 0.212. The first-order valence-electron chi connectivity index (χ1n) is 10.2. The van der Waals surface area contributed by atoms with E-state index in [0.29, 0.717) is 5.28 Å². The maximum absolute atomic E-state index is 6.24. The zero-order valence-electron chi connectivity index (χ0n) is 16.8. The first-order valence-corrected chi connectivity index (χ1v) is 11.4. The van der Waals surface area contributed by atoms with E-state index in [-0.39, 0.29) is 6.04 Å². The standard InChI is InChI=1S/C24H23ClN4S/c1-17-16-20-22(26-24(25)27-23(20)30-17)29-14-12-28(13-15-29)21(18-8-4-2-5-9-18)19-10-6-3-7-11-19/h2-11,16,21H,12-15H2,1H3. The van der Waals surface area contributed by atoms with E-state index in [1.807, 2.05) is 0 Å². The lowest BCUT2D eigenvalue weighted by atomic mass is 9.96. The Morgan fingerprint density at radius 2 is 1.47 bits per heavy atom. The quantitative estimate of drug-likeness (QED) is 0.393. The van der Waals surface area contributed by atoms with Crippen molar-refractivity contribution in [2.45, 2.75) is 13.0 Å². The molecule has 30 heavy (non-hydrogen) atoms. The van der Waals surface area contributed by atoms with Crippen molar-refractivity contribution in [1.82, 2.24) is 14.9 Å². The van der Waals surface area contributed by atoms with Crippen LogP contribution in [0, 0.1) is 6.92 Å². The van der Waals surface area contributed by atoms with Crippen LogP contribution in [0.1, 0.15) is 22.0 Å². The molecule has 0 aliphatic carbocycles. The third-order valence-corrected chi connectivity index (χ3v) is 6.79. The van der Waals surface area contributed by atoms with Crippen LogP contribution in [0.15, 0.2) is 66.7 Å². The van der Waals surface area contributed by atoms with E-state index in [1.165, 1.54) is 16.0 Å². The van der Waals surface area contributed by atoms with Gasteiger partial charge in [0.15, 0.2) is 0 Å². The molecule has 1 fully saturated rings. The zero-order valence-corrected chi connectivity index (χ0v) is 18.4. The van der Waals surface area contributed by atoms with E-state index < -0.39 is 0 Å². The largest absolute Gasteiger partial charge is 0.353 e. The SMILES string of the molecule is Cc1cc2c(N3CCN(C(c4ccccc4)c4ccccc4)CC3)nc(Cl)nc2s1. The molecule has 152 valence electrons. The van der Waals surface area contributed by atoms with E-state index >= 15 is 0 Å². The van der Waals surface area contributed by atoms with Crippen molar-refractivity contribution in [2.75, 3.05) is 31.1 Å². The third-order valence-electron chi connectivity index (χ3n) is 5.68. The van der Waals surface area contributed by atoms with E-state index in [0.717, 1.165) is 42.2 Å². The molecule has 6 heteroatoms. The molecule has 1 aliphatic rings. The molecule has 4 aromatic rings. The van der Waals surface area contributed by atoms with Crippen LogP contribution >= 0.6 is 22.9 Å². The van der Waals surface area contributed by atoms with Crippen molar-refractivity contribution < 1.29 is 0 Å². The molecule has 0 unspecified atom stereocenters. The highest BCUT2D eigenvalue weighted by atomic mass is 35.5. The number of nitrogens with zero attached hydrogens (tertiary/aromatic N) is 4. The molecular formula is C24H23ClN4S. The molecule has 2 aromatic carbocycles. The van der Waals surface area contributed by atoms with Crippen molar-refractivity contribution in [1.29, 1.82) is 0 Å². The monoisotopic (exact) mass is 434 g/mol. The zero-order chi connectivity index (χ0) is 20.5. The van der Waals surface area contributed by atoms with Crippen LogP contribution in [-0.4, -0.2) is 41.0 Å². The Hall–Kier alpha value is -2.47. The Balaban J connectivity index is 1.42. The van der Waals surface area contributed by atoms with Gasteiger partial charge in [-0.1, -0.05) is 60.7 Å². The molecule has 2 aromatic heterocycles. The van der Waals surface area contributed by atoms with Gasteiger partial charge in [-0.25, -0.2) is 4.98 Å². The lowest BCUT2D eigenvalue weighted by Crippen LogP contribution is -2.48. The highest BCUT2D eigenvalue weighted by Crippen LogP contribution is 2.34. The smallest absolute Gasteiger partial charge is 0.225 e. The normalized spacial score (nSPS) is 15.2. The number of anilines is 1. The number of hydrogen-bond donors (Lipinski definition) is 0. The summed E-state index contributed by atoms with van der Waals surface area (Å²) in [4.78, 5) is 16.1. The van der Waals surface area contributed by atoms with E-state index in [9.17, 15) is 0 Å². The molecule has 0 N–H and O–H groups in total. The molecule has 5 rings (SSSR count).